The number of aromatic hydroxyl groups is 1. The normalized spacial score (nSPS) is 16.8. The Balaban J connectivity index is 1.31. The molecule has 0 radical (unpaired) electrons. The van der Waals surface area contributed by atoms with Gasteiger partial charge in [-0.25, -0.2) is 9.97 Å². The van der Waals surface area contributed by atoms with Gasteiger partial charge < -0.3 is 19.8 Å². The minimum absolute atomic E-state index is 0.0823. The van der Waals surface area contributed by atoms with Crippen LogP contribution in [0.15, 0.2) is 41.1 Å². The van der Waals surface area contributed by atoms with E-state index in [0.29, 0.717) is 37.3 Å². The molecule has 2 N–H and O–H groups in total. The van der Waals surface area contributed by atoms with E-state index >= 15 is 0 Å². The van der Waals surface area contributed by atoms with Crippen LogP contribution in [0.2, 0.25) is 0 Å². The zero-order valence-corrected chi connectivity index (χ0v) is 18.1. The Hall–Kier alpha value is -3.42. The maximum absolute atomic E-state index is 12.8. The number of piperidine rings is 1. The lowest BCUT2D eigenvalue weighted by Crippen LogP contribution is -2.39. The van der Waals surface area contributed by atoms with E-state index in [1.54, 1.807) is 18.2 Å². The van der Waals surface area contributed by atoms with Crippen molar-refractivity contribution >= 4 is 11.9 Å². The van der Waals surface area contributed by atoms with E-state index < -0.39 is 0 Å². The summed E-state index contributed by atoms with van der Waals surface area (Å²) >= 11 is 0. The lowest BCUT2D eigenvalue weighted by Gasteiger charge is -2.32. The Morgan fingerprint density at radius 2 is 2.03 bits per heavy atom. The van der Waals surface area contributed by atoms with Gasteiger partial charge in [0.1, 0.15) is 5.75 Å². The third-order valence-electron chi connectivity index (χ3n) is 6.12. The molecule has 1 aliphatic carbocycles. The van der Waals surface area contributed by atoms with Crippen LogP contribution in [0.3, 0.4) is 0 Å². The number of phenolic OH excluding ortho intramolecular Hbond substituents is 1. The molecule has 1 aliphatic heterocycles. The summed E-state index contributed by atoms with van der Waals surface area (Å²) in [6, 6.07) is 9.26. The van der Waals surface area contributed by atoms with E-state index in [2.05, 4.69) is 15.5 Å². The smallest absolute Gasteiger partial charge is 0.226 e. The zero-order chi connectivity index (χ0) is 22.1. The second-order valence-corrected chi connectivity index (χ2v) is 8.75. The van der Waals surface area contributed by atoms with Crippen molar-refractivity contribution in [3.05, 3.63) is 53.5 Å². The molecule has 2 fully saturated rings. The number of aryl methyl sites for hydroxylation is 1. The largest absolute Gasteiger partial charge is 0.508 e. The topological polar surface area (TPSA) is 104 Å². The molecule has 32 heavy (non-hydrogen) atoms. The van der Waals surface area contributed by atoms with Crippen molar-refractivity contribution in [1.82, 2.24) is 20.0 Å². The van der Waals surface area contributed by atoms with Crippen molar-refractivity contribution < 1.29 is 14.4 Å². The first kappa shape index (κ1) is 20.5. The molecule has 1 saturated heterocycles. The van der Waals surface area contributed by atoms with Crippen molar-refractivity contribution in [2.24, 2.45) is 0 Å². The van der Waals surface area contributed by atoms with Gasteiger partial charge in [0.15, 0.2) is 5.76 Å². The predicted molar refractivity (Wildman–Crippen MR) is 119 cm³/mol. The number of anilines is 1. The number of amides is 1. The molecule has 5 rings (SSSR count). The van der Waals surface area contributed by atoms with Crippen molar-refractivity contribution in [1.29, 1.82) is 0 Å². The van der Waals surface area contributed by atoms with Crippen LogP contribution in [0.5, 0.6) is 5.75 Å². The summed E-state index contributed by atoms with van der Waals surface area (Å²) < 4.78 is 5.52. The van der Waals surface area contributed by atoms with Gasteiger partial charge in [-0.2, -0.15) is 0 Å². The van der Waals surface area contributed by atoms with E-state index in [-0.39, 0.29) is 17.6 Å². The minimum atomic E-state index is 0.0823. The Labute approximate surface area is 186 Å². The van der Waals surface area contributed by atoms with Crippen LogP contribution in [-0.2, 0) is 11.2 Å². The molecular weight excluding hydrogens is 406 g/mol. The van der Waals surface area contributed by atoms with E-state index in [0.717, 1.165) is 48.2 Å². The molecule has 1 saturated carbocycles. The van der Waals surface area contributed by atoms with Gasteiger partial charge in [-0.05, 0) is 50.3 Å². The van der Waals surface area contributed by atoms with Gasteiger partial charge in [0.2, 0.25) is 11.9 Å². The monoisotopic (exact) mass is 433 g/mol. The second kappa shape index (κ2) is 8.61. The van der Waals surface area contributed by atoms with Crippen LogP contribution in [0.25, 0.3) is 11.3 Å². The van der Waals surface area contributed by atoms with Gasteiger partial charge in [0, 0.05) is 37.3 Å². The highest BCUT2D eigenvalue weighted by Gasteiger charge is 2.29. The molecule has 8 heteroatoms. The molecule has 0 atom stereocenters. The van der Waals surface area contributed by atoms with Gasteiger partial charge >= 0.3 is 0 Å². The quantitative estimate of drug-likeness (QED) is 0.611. The number of hydrogen-bond acceptors (Lipinski definition) is 7. The van der Waals surface area contributed by atoms with Crippen molar-refractivity contribution in [3.63, 3.8) is 0 Å². The molecule has 3 heterocycles. The number of nitrogens with zero attached hydrogens (tertiary/aromatic N) is 4. The molecule has 0 bridgehead atoms. The molecule has 1 aromatic carbocycles. The fourth-order valence-electron chi connectivity index (χ4n) is 4.22. The number of benzene rings is 1. The molecule has 2 aromatic heterocycles. The van der Waals surface area contributed by atoms with Crippen molar-refractivity contribution in [3.8, 4) is 17.1 Å². The highest BCUT2D eigenvalue weighted by Crippen LogP contribution is 2.35. The lowest BCUT2D eigenvalue weighted by molar-refractivity contribution is -0.131. The number of nitrogens with one attached hydrogen (secondary N) is 1. The van der Waals surface area contributed by atoms with Crippen molar-refractivity contribution in [2.75, 3.05) is 18.4 Å². The number of phenols is 1. The third kappa shape index (κ3) is 4.59. The standard InChI is InChI=1S/C24H27N5O3/c1-15-11-21(32-28-15)20-14-25-24(26-18-5-6-18)27-23(20)17-7-9-29(10-8-17)22(31)13-16-3-2-4-19(30)12-16/h2-4,11-12,14,17-18,30H,5-10,13H2,1H3,(H,25,26,27). The predicted octanol–water partition coefficient (Wildman–Crippen LogP) is 3.67. The summed E-state index contributed by atoms with van der Waals surface area (Å²) in [4.78, 5) is 24.1. The maximum Gasteiger partial charge on any atom is 0.226 e. The zero-order valence-electron chi connectivity index (χ0n) is 18.1. The first-order valence-corrected chi connectivity index (χ1v) is 11.2. The number of carbonyl (C=O) groups is 1. The number of aromatic nitrogens is 3. The van der Waals surface area contributed by atoms with Crippen LogP contribution in [0.1, 0.15) is 48.6 Å². The minimum Gasteiger partial charge on any atom is -0.508 e. The Bertz CT molecular complexity index is 1120. The first-order chi connectivity index (χ1) is 15.5. The molecule has 8 nitrogen and oxygen atoms in total. The Morgan fingerprint density at radius 3 is 2.72 bits per heavy atom. The van der Waals surface area contributed by atoms with Gasteiger partial charge in [-0.3, -0.25) is 4.79 Å². The Kier molecular flexibility index (Phi) is 5.51. The molecule has 3 aromatic rings. The molecule has 2 aliphatic rings. The number of rotatable bonds is 6. The number of likely N-dealkylation sites (tertiary alicyclic amines) is 1. The van der Waals surface area contributed by atoms with Crippen LogP contribution in [0, 0.1) is 6.92 Å². The van der Waals surface area contributed by atoms with E-state index in [9.17, 15) is 9.90 Å². The highest BCUT2D eigenvalue weighted by molar-refractivity contribution is 5.79. The molecule has 1 amide bonds. The van der Waals surface area contributed by atoms with E-state index in [1.807, 2.05) is 30.2 Å². The summed E-state index contributed by atoms with van der Waals surface area (Å²) in [5, 5.41) is 17.1. The van der Waals surface area contributed by atoms with Crippen LogP contribution >= 0.6 is 0 Å². The summed E-state index contributed by atoms with van der Waals surface area (Å²) in [5.41, 5.74) is 3.47. The van der Waals surface area contributed by atoms with Gasteiger partial charge in [0.25, 0.3) is 0 Å². The average Bonchev–Trinajstić information content (AvgIpc) is 3.50. The van der Waals surface area contributed by atoms with Crippen molar-refractivity contribution in [2.45, 2.75) is 51.0 Å². The summed E-state index contributed by atoms with van der Waals surface area (Å²) in [6.07, 6.45) is 6.08. The van der Waals surface area contributed by atoms with E-state index in [1.165, 1.54) is 0 Å². The average molecular weight is 434 g/mol. The second-order valence-electron chi connectivity index (χ2n) is 8.75. The Morgan fingerprint density at radius 1 is 1.22 bits per heavy atom. The lowest BCUT2D eigenvalue weighted by atomic mass is 9.90. The first-order valence-electron chi connectivity index (χ1n) is 11.2. The van der Waals surface area contributed by atoms with Crippen LogP contribution in [0.4, 0.5) is 5.95 Å². The van der Waals surface area contributed by atoms with Gasteiger partial charge in [-0.1, -0.05) is 17.3 Å². The number of hydrogen-bond donors (Lipinski definition) is 2. The van der Waals surface area contributed by atoms with Gasteiger partial charge in [-0.15, -0.1) is 0 Å². The number of carbonyl (C=O) groups excluding carboxylic acids is 1. The summed E-state index contributed by atoms with van der Waals surface area (Å²) in [7, 11) is 0. The SMILES string of the molecule is Cc1cc(-c2cnc(NC3CC3)nc2C2CCN(C(=O)Cc3cccc(O)c3)CC2)on1. The summed E-state index contributed by atoms with van der Waals surface area (Å²) in [5.74, 6) is 1.81. The maximum atomic E-state index is 12.8. The molecular formula is C24H27N5O3. The van der Waals surface area contributed by atoms with E-state index in [4.69, 9.17) is 9.51 Å². The van der Waals surface area contributed by atoms with Gasteiger partial charge in [0.05, 0.1) is 23.4 Å². The highest BCUT2D eigenvalue weighted by atomic mass is 16.5. The van der Waals surface area contributed by atoms with Crippen LogP contribution in [-0.4, -0.2) is 50.2 Å². The fraction of sp³-hybridized carbons (Fsp3) is 0.417. The molecule has 166 valence electrons. The fourth-order valence-corrected chi connectivity index (χ4v) is 4.22. The molecule has 0 unspecified atom stereocenters. The summed E-state index contributed by atoms with van der Waals surface area (Å²) in [6.45, 7) is 3.24. The molecule has 0 spiro atoms. The van der Waals surface area contributed by atoms with Crippen LogP contribution < -0.4 is 5.32 Å². The third-order valence-corrected chi connectivity index (χ3v) is 6.12.